The highest BCUT2D eigenvalue weighted by atomic mass is 15.2. The van der Waals surface area contributed by atoms with Crippen LogP contribution in [0.5, 0.6) is 0 Å². The fourth-order valence-electron chi connectivity index (χ4n) is 2.77. The van der Waals surface area contributed by atoms with Crippen LogP contribution in [0.4, 0.5) is 0 Å². The van der Waals surface area contributed by atoms with Gasteiger partial charge in [-0.15, -0.1) is 0 Å². The van der Waals surface area contributed by atoms with Crippen molar-refractivity contribution >= 4 is 11.4 Å². The highest BCUT2D eigenvalue weighted by Crippen LogP contribution is 2.33. The van der Waals surface area contributed by atoms with Crippen molar-refractivity contribution in [1.29, 1.82) is 10.5 Å². The van der Waals surface area contributed by atoms with Crippen LogP contribution in [0.3, 0.4) is 0 Å². The second-order valence-electron chi connectivity index (χ2n) is 5.91. The lowest BCUT2D eigenvalue weighted by Crippen LogP contribution is -2.31. The summed E-state index contributed by atoms with van der Waals surface area (Å²) in [5, 5.41) is 26.9. The van der Waals surface area contributed by atoms with E-state index in [-0.39, 0.29) is 0 Å². The molecular formula is C19H14N4. The summed E-state index contributed by atoms with van der Waals surface area (Å²) in [6.07, 6.45) is 0. The normalized spacial score (nSPS) is 15.3. The van der Waals surface area contributed by atoms with Crippen molar-refractivity contribution in [2.75, 3.05) is 0 Å². The van der Waals surface area contributed by atoms with E-state index in [4.69, 9.17) is 10.5 Å². The van der Waals surface area contributed by atoms with E-state index in [1.54, 1.807) is 12.1 Å². The number of hydrogen-bond donors (Lipinski definition) is 0. The van der Waals surface area contributed by atoms with Crippen molar-refractivity contribution in [3.05, 3.63) is 70.8 Å². The van der Waals surface area contributed by atoms with Gasteiger partial charge in [-0.3, -0.25) is 0 Å². The van der Waals surface area contributed by atoms with Gasteiger partial charge in [0, 0.05) is 11.1 Å². The second kappa shape index (κ2) is 5.51. The Hall–Kier alpha value is -3.24. The third-order valence-electron chi connectivity index (χ3n) is 3.96. The SMILES string of the molecule is CC1(C)C(c2cccc(C#N)c2)=NN=C1c1cccc(C#N)c1. The molecule has 2 aromatic rings. The van der Waals surface area contributed by atoms with Crippen LogP contribution in [0.2, 0.25) is 0 Å². The summed E-state index contributed by atoms with van der Waals surface area (Å²) < 4.78 is 0. The van der Waals surface area contributed by atoms with Gasteiger partial charge in [-0.1, -0.05) is 24.3 Å². The Kier molecular flexibility index (Phi) is 3.52. The summed E-state index contributed by atoms with van der Waals surface area (Å²) in [5.74, 6) is 0. The molecule has 1 heterocycles. The minimum Gasteiger partial charge on any atom is -0.192 e. The summed E-state index contributed by atoms with van der Waals surface area (Å²) in [4.78, 5) is 0. The Morgan fingerprint density at radius 1 is 0.783 bits per heavy atom. The first-order valence-electron chi connectivity index (χ1n) is 7.24. The second-order valence-corrected chi connectivity index (χ2v) is 5.91. The predicted octanol–water partition coefficient (Wildman–Crippen LogP) is 3.66. The zero-order chi connectivity index (χ0) is 16.4. The Morgan fingerprint density at radius 2 is 1.22 bits per heavy atom. The van der Waals surface area contributed by atoms with Crippen molar-refractivity contribution < 1.29 is 0 Å². The predicted molar refractivity (Wildman–Crippen MR) is 89.2 cm³/mol. The maximum absolute atomic E-state index is 9.07. The van der Waals surface area contributed by atoms with E-state index in [2.05, 4.69) is 36.2 Å². The summed E-state index contributed by atoms with van der Waals surface area (Å²) in [5.41, 5.74) is 4.23. The molecule has 0 radical (unpaired) electrons. The first-order chi connectivity index (χ1) is 11.1. The molecule has 4 nitrogen and oxygen atoms in total. The molecule has 0 fully saturated rings. The highest BCUT2D eigenvalue weighted by Gasteiger charge is 2.37. The van der Waals surface area contributed by atoms with Gasteiger partial charge in [0.2, 0.25) is 0 Å². The first kappa shape index (κ1) is 14.7. The van der Waals surface area contributed by atoms with Crippen molar-refractivity contribution in [2.45, 2.75) is 13.8 Å². The summed E-state index contributed by atoms with van der Waals surface area (Å²) in [6, 6.07) is 19.0. The lowest BCUT2D eigenvalue weighted by Gasteiger charge is -2.23. The third-order valence-corrected chi connectivity index (χ3v) is 3.96. The molecule has 0 atom stereocenters. The van der Waals surface area contributed by atoms with Crippen LogP contribution >= 0.6 is 0 Å². The maximum atomic E-state index is 9.07. The van der Waals surface area contributed by atoms with Gasteiger partial charge in [0.1, 0.15) is 0 Å². The molecule has 1 aliphatic heterocycles. The molecular weight excluding hydrogens is 284 g/mol. The van der Waals surface area contributed by atoms with Crippen molar-refractivity contribution in [3.63, 3.8) is 0 Å². The van der Waals surface area contributed by atoms with Crippen LogP contribution in [0.1, 0.15) is 36.1 Å². The molecule has 4 heteroatoms. The van der Waals surface area contributed by atoms with Crippen LogP contribution < -0.4 is 0 Å². The van der Waals surface area contributed by atoms with Crippen LogP contribution in [-0.2, 0) is 0 Å². The van der Waals surface area contributed by atoms with Crippen LogP contribution in [0.15, 0.2) is 58.7 Å². The lowest BCUT2D eigenvalue weighted by atomic mass is 9.77. The summed E-state index contributed by atoms with van der Waals surface area (Å²) >= 11 is 0. The fraction of sp³-hybridized carbons (Fsp3) is 0.158. The molecule has 1 aliphatic rings. The van der Waals surface area contributed by atoms with E-state index < -0.39 is 5.41 Å². The van der Waals surface area contributed by atoms with Gasteiger partial charge in [-0.25, -0.2) is 0 Å². The van der Waals surface area contributed by atoms with Gasteiger partial charge in [-0.2, -0.15) is 20.7 Å². The van der Waals surface area contributed by atoms with Crippen molar-refractivity contribution in [3.8, 4) is 12.1 Å². The third kappa shape index (κ3) is 2.52. The van der Waals surface area contributed by atoms with E-state index in [1.165, 1.54) is 0 Å². The molecule has 2 aromatic carbocycles. The van der Waals surface area contributed by atoms with Crippen LogP contribution in [0, 0.1) is 28.1 Å². The molecule has 0 bridgehead atoms. The van der Waals surface area contributed by atoms with Crippen LogP contribution in [-0.4, -0.2) is 11.4 Å². The molecule has 3 rings (SSSR count). The number of hydrogen-bond acceptors (Lipinski definition) is 4. The zero-order valence-corrected chi connectivity index (χ0v) is 12.9. The van der Waals surface area contributed by atoms with Gasteiger partial charge in [0.15, 0.2) is 0 Å². The zero-order valence-electron chi connectivity index (χ0n) is 12.9. The largest absolute Gasteiger partial charge is 0.192 e. The molecule has 23 heavy (non-hydrogen) atoms. The Labute approximate surface area is 135 Å². The Bertz CT molecular complexity index is 845. The maximum Gasteiger partial charge on any atom is 0.0991 e. The van der Waals surface area contributed by atoms with Gasteiger partial charge >= 0.3 is 0 Å². The lowest BCUT2D eigenvalue weighted by molar-refractivity contribution is 0.745. The van der Waals surface area contributed by atoms with Gasteiger partial charge in [0.25, 0.3) is 0 Å². The quantitative estimate of drug-likeness (QED) is 0.848. The summed E-state index contributed by atoms with van der Waals surface area (Å²) in [6.45, 7) is 4.10. The minimum absolute atomic E-state index is 0.401. The molecule has 0 amide bonds. The number of nitriles is 2. The Balaban J connectivity index is 2.00. The van der Waals surface area contributed by atoms with Gasteiger partial charge in [-0.05, 0) is 38.1 Å². The van der Waals surface area contributed by atoms with Crippen LogP contribution in [0.25, 0.3) is 0 Å². The fourth-order valence-corrected chi connectivity index (χ4v) is 2.77. The monoisotopic (exact) mass is 298 g/mol. The van der Waals surface area contributed by atoms with E-state index >= 15 is 0 Å². The molecule has 0 saturated carbocycles. The van der Waals surface area contributed by atoms with Gasteiger partial charge in [0.05, 0.1) is 40.1 Å². The minimum atomic E-state index is -0.401. The Morgan fingerprint density at radius 3 is 1.61 bits per heavy atom. The molecule has 110 valence electrons. The first-order valence-corrected chi connectivity index (χ1v) is 7.24. The number of rotatable bonds is 2. The van der Waals surface area contributed by atoms with Gasteiger partial charge < -0.3 is 0 Å². The molecule has 0 unspecified atom stereocenters. The number of nitrogens with zero attached hydrogens (tertiary/aromatic N) is 4. The summed E-state index contributed by atoms with van der Waals surface area (Å²) in [7, 11) is 0. The molecule has 0 aliphatic carbocycles. The smallest absolute Gasteiger partial charge is 0.0991 e. The molecule has 0 saturated heterocycles. The van der Waals surface area contributed by atoms with Crippen molar-refractivity contribution in [1.82, 2.24) is 0 Å². The highest BCUT2D eigenvalue weighted by molar-refractivity contribution is 6.25. The van der Waals surface area contributed by atoms with E-state index in [1.807, 2.05) is 36.4 Å². The van der Waals surface area contributed by atoms with E-state index in [0.29, 0.717) is 11.1 Å². The average molecular weight is 298 g/mol. The molecule has 0 N–H and O–H groups in total. The van der Waals surface area contributed by atoms with E-state index in [9.17, 15) is 0 Å². The average Bonchev–Trinajstić information content (AvgIpc) is 2.89. The standard InChI is InChI=1S/C19H14N4/c1-19(2)17(15-7-3-5-13(9-15)11-20)22-23-18(19)16-8-4-6-14(10-16)12-21/h3-10H,1-2H3. The molecule has 0 spiro atoms. The number of benzene rings is 2. The van der Waals surface area contributed by atoms with E-state index in [0.717, 1.165) is 22.6 Å². The van der Waals surface area contributed by atoms with Crippen molar-refractivity contribution in [2.24, 2.45) is 15.6 Å². The molecule has 0 aromatic heterocycles. The topological polar surface area (TPSA) is 72.3 Å².